The smallest absolute Gasteiger partial charge is 0.222 e. The van der Waals surface area contributed by atoms with Crippen LogP contribution in [0.15, 0.2) is 24.3 Å². The molecule has 3 heteroatoms. The fraction of sp³-hybridized carbons (Fsp3) is 0.333. The van der Waals surface area contributed by atoms with E-state index >= 15 is 0 Å². The Balaban J connectivity index is 2.66. The Bertz CT molecular complexity index is 376. The van der Waals surface area contributed by atoms with Crippen LogP contribution in [0.5, 0.6) is 0 Å². The highest BCUT2D eigenvalue weighted by Gasteiger charge is 2.11. The quantitative estimate of drug-likeness (QED) is 0.807. The lowest BCUT2D eigenvalue weighted by Crippen LogP contribution is -2.26. The number of amides is 1. The molecule has 0 aromatic heterocycles. The molecule has 0 aliphatic rings. The first-order valence-electron chi connectivity index (χ1n) is 4.88. The Morgan fingerprint density at radius 2 is 2.07 bits per heavy atom. The number of hydrogen-bond donors (Lipinski definition) is 1. The van der Waals surface area contributed by atoms with Gasteiger partial charge in [0.2, 0.25) is 5.91 Å². The van der Waals surface area contributed by atoms with E-state index in [1.807, 2.05) is 19.1 Å². The molecule has 1 N–H and O–H groups in total. The Hall–Kier alpha value is -1.82. The number of nitriles is 1. The van der Waals surface area contributed by atoms with Crippen molar-refractivity contribution in [3.05, 3.63) is 35.4 Å². The van der Waals surface area contributed by atoms with Gasteiger partial charge < -0.3 is 5.32 Å². The van der Waals surface area contributed by atoms with Crippen molar-refractivity contribution in [1.29, 1.82) is 5.26 Å². The Kier molecular flexibility index (Phi) is 3.87. The number of nitrogens with one attached hydrogen (secondary N) is 1. The van der Waals surface area contributed by atoms with E-state index in [9.17, 15) is 4.79 Å². The van der Waals surface area contributed by atoms with Crippen molar-refractivity contribution < 1.29 is 4.79 Å². The number of nitrogens with zero attached hydrogens (tertiary/aromatic N) is 1. The summed E-state index contributed by atoms with van der Waals surface area (Å²) in [5.74, 6) is 0.00213. The molecule has 0 saturated carbocycles. The molecule has 0 radical (unpaired) electrons. The average Bonchev–Trinajstić information content (AvgIpc) is 2.29. The monoisotopic (exact) mass is 202 g/mol. The van der Waals surface area contributed by atoms with Gasteiger partial charge in [-0.2, -0.15) is 5.26 Å². The zero-order valence-corrected chi connectivity index (χ0v) is 8.95. The third-order valence-electron chi connectivity index (χ3n) is 2.32. The lowest BCUT2D eigenvalue weighted by atomic mass is 10.00. The van der Waals surface area contributed by atoms with Gasteiger partial charge in [0.15, 0.2) is 0 Å². The Morgan fingerprint density at radius 3 is 2.53 bits per heavy atom. The molecule has 0 saturated heterocycles. The Morgan fingerprint density at radius 1 is 1.47 bits per heavy atom. The minimum Gasteiger partial charge on any atom is -0.359 e. The summed E-state index contributed by atoms with van der Waals surface area (Å²) in [5, 5.41) is 11.2. The van der Waals surface area contributed by atoms with E-state index in [4.69, 9.17) is 5.26 Å². The van der Waals surface area contributed by atoms with E-state index in [1.54, 1.807) is 19.2 Å². The van der Waals surface area contributed by atoms with Crippen molar-refractivity contribution in [2.45, 2.75) is 13.3 Å². The van der Waals surface area contributed by atoms with Gasteiger partial charge in [0.05, 0.1) is 11.6 Å². The zero-order chi connectivity index (χ0) is 11.3. The highest BCUT2D eigenvalue weighted by molar-refractivity contribution is 5.78. The molecule has 1 amide bonds. The lowest BCUT2D eigenvalue weighted by molar-refractivity contribution is -0.123. The fourth-order valence-corrected chi connectivity index (χ4v) is 1.41. The van der Waals surface area contributed by atoms with Gasteiger partial charge in [-0.15, -0.1) is 0 Å². The maximum Gasteiger partial charge on any atom is 0.222 e. The van der Waals surface area contributed by atoms with Crippen LogP contribution in [0, 0.1) is 17.2 Å². The number of hydrogen-bond acceptors (Lipinski definition) is 2. The third kappa shape index (κ3) is 3.10. The SMILES string of the molecule is CNC(=O)[C@@H](C)Cc1ccc(C#N)cc1. The molecule has 15 heavy (non-hydrogen) atoms. The standard InChI is InChI=1S/C12H14N2O/c1-9(12(15)14-2)7-10-3-5-11(8-13)6-4-10/h3-6,9H,7H2,1-2H3,(H,14,15)/t9-/m0/s1. The number of rotatable bonds is 3. The summed E-state index contributed by atoms with van der Waals surface area (Å²) in [4.78, 5) is 11.3. The van der Waals surface area contributed by atoms with Crippen LogP contribution in [-0.2, 0) is 11.2 Å². The molecule has 0 heterocycles. The van der Waals surface area contributed by atoms with Crippen LogP contribution in [-0.4, -0.2) is 13.0 Å². The minimum atomic E-state index is -0.0389. The second-order valence-electron chi connectivity index (χ2n) is 3.53. The van der Waals surface area contributed by atoms with Crippen LogP contribution in [0.25, 0.3) is 0 Å². The van der Waals surface area contributed by atoms with Crippen LogP contribution >= 0.6 is 0 Å². The molecule has 1 aromatic rings. The summed E-state index contributed by atoms with van der Waals surface area (Å²) in [7, 11) is 1.64. The van der Waals surface area contributed by atoms with E-state index in [0.717, 1.165) is 5.56 Å². The van der Waals surface area contributed by atoms with Gasteiger partial charge >= 0.3 is 0 Å². The van der Waals surface area contributed by atoms with E-state index in [-0.39, 0.29) is 11.8 Å². The molecule has 1 atom stereocenters. The molecule has 0 bridgehead atoms. The molecule has 0 spiro atoms. The summed E-state index contributed by atoms with van der Waals surface area (Å²) in [6.45, 7) is 1.89. The summed E-state index contributed by atoms with van der Waals surface area (Å²) in [5.41, 5.74) is 1.72. The predicted molar refractivity (Wildman–Crippen MR) is 58.1 cm³/mol. The number of carbonyl (C=O) groups is 1. The van der Waals surface area contributed by atoms with Crippen molar-refractivity contribution in [3.8, 4) is 6.07 Å². The first-order chi connectivity index (χ1) is 7.17. The largest absolute Gasteiger partial charge is 0.359 e. The average molecular weight is 202 g/mol. The van der Waals surface area contributed by atoms with Crippen LogP contribution in [0.3, 0.4) is 0 Å². The van der Waals surface area contributed by atoms with E-state index in [1.165, 1.54) is 0 Å². The van der Waals surface area contributed by atoms with Gasteiger partial charge in [0.1, 0.15) is 0 Å². The van der Waals surface area contributed by atoms with Gasteiger partial charge in [-0.3, -0.25) is 4.79 Å². The molecule has 3 nitrogen and oxygen atoms in total. The second kappa shape index (κ2) is 5.16. The topological polar surface area (TPSA) is 52.9 Å². The third-order valence-corrected chi connectivity index (χ3v) is 2.32. The summed E-state index contributed by atoms with van der Waals surface area (Å²) in [6.07, 6.45) is 0.700. The molecular weight excluding hydrogens is 188 g/mol. The van der Waals surface area contributed by atoms with E-state index < -0.39 is 0 Å². The number of benzene rings is 1. The van der Waals surface area contributed by atoms with Gasteiger partial charge in [0.25, 0.3) is 0 Å². The minimum absolute atomic E-state index is 0.0389. The lowest BCUT2D eigenvalue weighted by Gasteiger charge is -2.09. The Labute approximate surface area is 89.7 Å². The van der Waals surface area contributed by atoms with Gasteiger partial charge in [0, 0.05) is 13.0 Å². The first kappa shape index (κ1) is 11.3. The fourth-order valence-electron chi connectivity index (χ4n) is 1.41. The van der Waals surface area contributed by atoms with Crippen LogP contribution in [0.4, 0.5) is 0 Å². The highest BCUT2D eigenvalue weighted by Crippen LogP contribution is 2.09. The van der Waals surface area contributed by atoms with E-state index in [0.29, 0.717) is 12.0 Å². The number of carbonyl (C=O) groups excluding carboxylic acids is 1. The van der Waals surface area contributed by atoms with Crippen molar-refractivity contribution >= 4 is 5.91 Å². The molecule has 0 fully saturated rings. The van der Waals surface area contributed by atoms with Gasteiger partial charge in [-0.25, -0.2) is 0 Å². The van der Waals surface area contributed by atoms with Crippen molar-refractivity contribution in [3.63, 3.8) is 0 Å². The molecule has 1 rings (SSSR count). The van der Waals surface area contributed by atoms with Crippen LogP contribution in [0.1, 0.15) is 18.1 Å². The van der Waals surface area contributed by atoms with Crippen LogP contribution in [0.2, 0.25) is 0 Å². The van der Waals surface area contributed by atoms with Crippen molar-refractivity contribution in [2.75, 3.05) is 7.05 Å². The first-order valence-corrected chi connectivity index (χ1v) is 4.88. The van der Waals surface area contributed by atoms with Crippen molar-refractivity contribution in [2.24, 2.45) is 5.92 Å². The zero-order valence-electron chi connectivity index (χ0n) is 8.95. The van der Waals surface area contributed by atoms with Crippen LogP contribution < -0.4 is 5.32 Å². The molecule has 78 valence electrons. The highest BCUT2D eigenvalue weighted by atomic mass is 16.1. The van der Waals surface area contributed by atoms with Gasteiger partial charge in [-0.1, -0.05) is 19.1 Å². The molecule has 0 unspecified atom stereocenters. The summed E-state index contributed by atoms with van der Waals surface area (Å²) < 4.78 is 0. The molecule has 0 aliphatic carbocycles. The molecular formula is C12H14N2O. The maximum absolute atomic E-state index is 11.3. The normalized spacial score (nSPS) is 11.5. The maximum atomic E-state index is 11.3. The molecule has 0 aliphatic heterocycles. The van der Waals surface area contributed by atoms with Crippen molar-refractivity contribution in [1.82, 2.24) is 5.32 Å². The van der Waals surface area contributed by atoms with E-state index in [2.05, 4.69) is 11.4 Å². The summed E-state index contributed by atoms with van der Waals surface area (Å²) in [6, 6.07) is 9.38. The van der Waals surface area contributed by atoms with Gasteiger partial charge in [-0.05, 0) is 24.1 Å². The second-order valence-corrected chi connectivity index (χ2v) is 3.53. The predicted octanol–water partition coefficient (Wildman–Crippen LogP) is 1.48. The molecule has 1 aromatic carbocycles. The summed E-state index contributed by atoms with van der Waals surface area (Å²) >= 11 is 0.